The number of benzene rings is 3. The average Bonchev–Trinajstić information content (AvgIpc) is 2.64. The topological polar surface area (TPSA) is 136 Å². The van der Waals surface area contributed by atoms with Crippen LogP contribution in [-0.4, -0.2) is 13.0 Å². The maximum Gasteiger partial charge on any atom is 0.229 e. The standard InChI is InChI=1S/C19H15N3O4S/c20-11-5-7-13-16(9-11)26-17-10-12(22-21)6-8-14(17)19(13)15-3-1-2-4-18(15)27(23,24)25/h1-10H,20-21H2,(H,23,24,25)/b22-12+. The van der Waals surface area contributed by atoms with Crippen LogP contribution in [0.4, 0.5) is 5.69 Å². The van der Waals surface area contributed by atoms with E-state index in [0.29, 0.717) is 44.5 Å². The molecule has 1 aliphatic carbocycles. The number of hydrogen-bond donors (Lipinski definition) is 3. The van der Waals surface area contributed by atoms with Crippen molar-refractivity contribution in [1.29, 1.82) is 0 Å². The Morgan fingerprint density at radius 2 is 1.74 bits per heavy atom. The first kappa shape index (κ1) is 17.1. The van der Waals surface area contributed by atoms with Crippen LogP contribution in [0.5, 0.6) is 0 Å². The lowest BCUT2D eigenvalue weighted by molar-refractivity contribution is -0.512. The van der Waals surface area contributed by atoms with Crippen molar-refractivity contribution in [2.24, 2.45) is 5.84 Å². The van der Waals surface area contributed by atoms with E-state index in [9.17, 15) is 13.0 Å². The molecule has 0 spiro atoms. The highest BCUT2D eigenvalue weighted by Crippen LogP contribution is 2.42. The Balaban J connectivity index is 2.23. The van der Waals surface area contributed by atoms with Gasteiger partial charge in [0.05, 0.1) is 11.0 Å². The molecule has 2 aromatic rings. The molecule has 2 aliphatic rings. The average molecular weight is 381 g/mol. The number of nitrogen functional groups attached to an aromatic ring is 1. The van der Waals surface area contributed by atoms with Gasteiger partial charge in [-0.3, -0.25) is 0 Å². The first-order valence-electron chi connectivity index (χ1n) is 7.99. The molecule has 0 amide bonds. The first-order chi connectivity index (χ1) is 12.9. The van der Waals surface area contributed by atoms with Crippen LogP contribution in [0, 0.1) is 0 Å². The van der Waals surface area contributed by atoms with E-state index < -0.39 is 10.1 Å². The van der Waals surface area contributed by atoms with Crippen molar-refractivity contribution in [1.82, 2.24) is 0 Å². The predicted molar refractivity (Wildman–Crippen MR) is 98.9 cm³/mol. The third-order valence-electron chi connectivity index (χ3n) is 4.34. The minimum absolute atomic E-state index is 0.295. The van der Waals surface area contributed by atoms with Crippen molar-refractivity contribution in [3.8, 4) is 22.5 Å². The zero-order valence-corrected chi connectivity index (χ0v) is 14.8. The lowest BCUT2D eigenvalue weighted by Crippen LogP contribution is -2.83. The van der Waals surface area contributed by atoms with Crippen LogP contribution in [-0.2, 0) is 10.1 Å². The van der Waals surface area contributed by atoms with Gasteiger partial charge in [-0.2, -0.15) is 0 Å². The van der Waals surface area contributed by atoms with Crippen LogP contribution in [0.1, 0.15) is 0 Å². The molecule has 4 rings (SSSR count). The monoisotopic (exact) mass is 381 g/mol. The largest absolute Gasteiger partial charge is 0.744 e. The second-order valence-corrected chi connectivity index (χ2v) is 7.39. The maximum atomic E-state index is 11.8. The zero-order chi connectivity index (χ0) is 19.2. The zero-order valence-electron chi connectivity index (χ0n) is 14.0. The molecule has 136 valence electrons. The Bertz CT molecular complexity index is 1330. The van der Waals surface area contributed by atoms with Crippen molar-refractivity contribution >= 4 is 26.8 Å². The Hall–Kier alpha value is -3.36. The molecule has 0 aromatic heterocycles. The van der Waals surface area contributed by atoms with Crippen molar-refractivity contribution in [2.75, 3.05) is 5.73 Å². The van der Waals surface area contributed by atoms with Crippen LogP contribution in [0.15, 0.2) is 70.0 Å². The van der Waals surface area contributed by atoms with Gasteiger partial charge in [0.2, 0.25) is 5.36 Å². The summed E-state index contributed by atoms with van der Waals surface area (Å²) in [4.78, 5) is -0.295. The normalized spacial score (nSPS) is 12.7. The minimum atomic E-state index is -4.68. The van der Waals surface area contributed by atoms with Gasteiger partial charge in [0.25, 0.3) is 0 Å². The van der Waals surface area contributed by atoms with Gasteiger partial charge in [-0.15, -0.1) is 5.10 Å². The fourth-order valence-electron chi connectivity index (χ4n) is 3.18. The molecule has 0 radical (unpaired) electrons. The first-order valence-corrected chi connectivity index (χ1v) is 9.40. The van der Waals surface area contributed by atoms with Gasteiger partial charge in [0.15, 0.2) is 0 Å². The molecule has 0 saturated carbocycles. The summed E-state index contributed by atoms with van der Waals surface area (Å²) < 4.78 is 41.4. The van der Waals surface area contributed by atoms with Gasteiger partial charge >= 0.3 is 0 Å². The minimum Gasteiger partial charge on any atom is -0.744 e. The van der Waals surface area contributed by atoms with Crippen molar-refractivity contribution in [3.63, 3.8) is 0 Å². The lowest BCUT2D eigenvalue weighted by Gasteiger charge is -2.18. The smallest absolute Gasteiger partial charge is 0.229 e. The molecule has 0 unspecified atom stereocenters. The molecule has 1 heterocycles. The molecule has 0 bridgehead atoms. The summed E-state index contributed by atoms with van der Waals surface area (Å²) in [5.41, 5.74) is 8.35. The number of fused-ring (bicyclic) bond motifs is 2. The van der Waals surface area contributed by atoms with Crippen LogP contribution in [0.25, 0.3) is 33.4 Å². The second-order valence-electron chi connectivity index (χ2n) is 6.04. The van der Waals surface area contributed by atoms with E-state index in [1.807, 2.05) is 0 Å². The number of rotatable bonds is 2. The quantitative estimate of drug-likeness (QED) is 0.152. The lowest BCUT2D eigenvalue weighted by atomic mass is 9.93. The molecule has 1 aliphatic heterocycles. The fourth-order valence-corrected chi connectivity index (χ4v) is 3.86. The number of nitrogens with one attached hydrogen (secondary N) is 1. The molecule has 0 saturated heterocycles. The van der Waals surface area contributed by atoms with Crippen LogP contribution in [0.2, 0.25) is 0 Å². The number of hydrazine groups is 1. The van der Waals surface area contributed by atoms with Gasteiger partial charge in [-0.05, 0) is 24.3 Å². The highest BCUT2D eigenvalue weighted by molar-refractivity contribution is 7.85. The third-order valence-corrected chi connectivity index (χ3v) is 5.23. The number of anilines is 1. The Morgan fingerprint density at radius 3 is 2.48 bits per heavy atom. The van der Waals surface area contributed by atoms with Crippen molar-refractivity contribution in [3.05, 3.63) is 66.0 Å². The predicted octanol–water partition coefficient (Wildman–Crippen LogP) is 0.546. The summed E-state index contributed by atoms with van der Waals surface area (Å²) in [6, 6.07) is 16.4. The fraction of sp³-hybridized carbons (Fsp3) is 0. The van der Waals surface area contributed by atoms with E-state index in [1.54, 1.807) is 48.5 Å². The molecule has 5 N–H and O–H groups in total. The summed E-state index contributed by atoms with van der Waals surface area (Å²) in [5, 5.41) is 3.80. The molecule has 27 heavy (non-hydrogen) atoms. The Morgan fingerprint density at radius 1 is 0.963 bits per heavy atom. The summed E-state index contributed by atoms with van der Waals surface area (Å²) in [6.45, 7) is 0. The van der Waals surface area contributed by atoms with Crippen LogP contribution >= 0.6 is 0 Å². The Kier molecular flexibility index (Phi) is 3.87. The highest BCUT2D eigenvalue weighted by atomic mass is 32.2. The van der Waals surface area contributed by atoms with Gasteiger partial charge in [-0.1, -0.05) is 18.2 Å². The number of nitrogens with two attached hydrogens (primary N) is 2. The molecule has 2 aromatic carbocycles. The van der Waals surface area contributed by atoms with E-state index in [-0.39, 0.29) is 4.90 Å². The summed E-state index contributed by atoms with van der Waals surface area (Å²) >= 11 is 0. The molecule has 8 heteroatoms. The summed E-state index contributed by atoms with van der Waals surface area (Å²) in [5.74, 6) is 5.94. The third kappa shape index (κ3) is 2.90. The van der Waals surface area contributed by atoms with E-state index in [4.69, 9.17) is 16.0 Å². The van der Waals surface area contributed by atoms with Crippen molar-refractivity contribution in [2.45, 2.75) is 4.90 Å². The van der Waals surface area contributed by atoms with E-state index in [1.165, 1.54) is 12.1 Å². The van der Waals surface area contributed by atoms with Crippen LogP contribution in [0.3, 0.4) is 0 Å². The van der Waals surface area contributed by atoms with Gasteiger partial charge in [0.1, 0.15) is 21.5 Å². The molecule has 0 fully saturated rings. The molecule has 7 nitrogen and oxygen atoms in total. The molecule has 0 atom stereocenters. The summed E-state index contributed by atoms with van der Waals surface area (Å²) in [7, 11) is -4.68. The van der Waals surface area contributed by atoms with Gasteiger partial charge in [-0.25, -0.2) is 14.3 Å². The Labute approximate surface area is 154 Å². The highest BCUT2D eigenvalue weighted by Gasteiger charge is 2.21. The van der Waals surface area contributed by atoms with Gasteiger partial charge < -0.3 is 14.7 Å². The molecular weight excluding hydrogens is 366 g/mol. The summed E-state index contributed by atoms with van der Waals surface area (Å²) in [6.07, 6.45) is 0. The van der Waals surface area contributed by atoms with E-state index in [2.05, 4.69) is 5.10 Å². The molecular formula is C19H15N3O4S. The maximum absolute atomic E-state index is 11.8. The second kappa shape index (κ2) is 6.11. The van der Waals surface area contributed by atoms with Crippen molar-refractivity contribution < 1.29 is 22.5 Å². The van der Waals surface area contributed by atoms with Crippen LogP contribution < -0.4 is 22.0 Å². The van der Waals surface area contributed by atoms with E-state index >= 15 is 0 Å². The van der Waals surface area contributed by atoms with Gasteiger partial charge in [0, 0.05) is 39.9 Å². The number of hydrogen-bond acceptors (Lipinski definition) is 6. The SMILES string of the molecule is N/[NH+]=c1\ccc2c(-c3ccccc3S(=O)(=O)[O-])c3ccc(N)cc3oc-2c1. The van der Waals surface area contributed by atoms with E-state index in [0.717, 1.165) is 0 Å².